The van der Waals surface area contributed by atoms with Crippen LogP contribution in [0.15, 0.2) is 18.3 Å². The average Bonchev–Trinajstić information content (AvgIpc) is 2.72. The number of aromatic carboxylic acids is 1. The predicted molar refractivity (Wildman–Crippen MR) is 75.9 cm³/mol. The minimum absolute atomic E-state index is 0.269. The lowest BCUT2D eigenvalue weighted by molar-refractivity contribution is 0.0700. The number of thiazole rings is 1. The topological polar surface area (TPSA) is 63.1 Å². The maximum atomic E-state index is 11.2. The summed E-state index contributed by atoms with van der Waals surface area (Å²) in [4.78, 5) is 20.1. The zero-order chi connectivity index (χ0) is 14.0. The molecule has 0 bridgehead atoms. The van der Waals surface area contributed by atoms with Crippen LogP contribution in [0.25, 0.3) is 10.7 Å². The summed E-state index contributed by atoms with van der Waals surface area (Å²) in [5, 5.41) is 10.3. The molecule has 2 aromatic heterocycles. The van der Waals surface area contributed by atoms with E-state index in [1.165, 1.54) is 0 Å². The van der Waals surface area contributed by atoms with E-state index in [0.29, 0.717) is 33.8 Å². The lowest BCUT2D eigenvalue weighted by Gasteiger charge is -2.01. The summed E-state index contributed by atoms with van der Waals surface area (Å²) < 4.78 is 0. The van der Waals surface area contributed by atoms with Gasteiger partial charge in [0.05, 0.1) is 10.7 Å². The number of nitrogens with zero attached hydrogens (tertiary/aromatic N) is 2. The van der Waals surface area contributed by atoms with Gasteiger partial charge in [0.2, 0.25) is 0 Å². The number of hydrogen-bond acceptors (Lipinski definition) is 4. The molecule has 0 fully saturated rings. The Morgan fingerprint density at radius 2 is 2.26 bits per heavy atom. The molecular weight excluding hydrogens is 284 g/mol. The third kappa shape index (κ3) is 3.11. The first-order valence-corrected chi connectivity index (χ1v) is 7.02. The number of halogens is 1. The molecule has 0 aromatic carbocycles. The molecule has 0 saturated carbocycles. The van der Waals surface area contributed by atoms with Crippen LogP contribution in [-0.4, -0.2) is 21.0 Å². The number of carboxylic acid groups (broad SMARTS) is 1. The van der Waals surface area contributed by atoms with Crippen LogP contribution in [0.1, 0.15) is 29.2 Å². The number of hydrogen-bond donors (Lipinski definition) is 1. The van der Waals surface area contributed by atoms with E-state index in [2.05, 4.69) is 9.97 Å². The van der Waals surface area contributed by atoms with Gasteiger partial charge in [-0.05, 0) is 24.5 Å². The summed E-state index contributed by atoms with van der Waals surface area (Å²) in [5.74, 6) is -0.612. The molecule has 0 radical (unpaired) electrons. The van der Waals surface area contributed by atoms with Crippen molar-refractivity contribution in [3.63, 3.8) is 0 Å². The molecule has 0 aliphatic carbocycles. The zero-order valence-electron chi connectivity index (χ0n) is 10.6. The Balaban J connectivity index is 2.49. The SMILES string of the molecule is CC(C)Cc1nc(-c2ncccc2Cl)sc1C(=O)O. The standard InChI is InChI=1S/C13H13ClN2O2S/c1-7(2)6-9-11(13(17)18)19-12(16-9)10-8(14)4-3-5-15-10/h3-5,7H,6H2,1-2H3,(H,17,18). The highest BCUT2D eigenvalue weighted by Crippen LogP contribution is 2.32. The molecule has 0 aliphatic heterocycles. The summed E-state index contributed by atoms with van der Waals surface area (Å²) >= 11 is 7.18. The Bertz CT molecular complexity index is 610. The Morgan fingerprint density at radius 1 is 1.53 bits per heavy atom. The molecule has 2 rings (SSSR count). The molecule has 4 nitrogen and oxygen atoms in total. The van der Waals surface area contributed by atoms with Gasteiger partial charge in [0.25, 0.3) is 0 Å². The molecule has 6 heteroatoms. The van der Waals surface area contributed by atoms with Gasteiger partial charge >= 0.3 is 5.97 Å². The van der Waals surface area contributed by atoms with E-state index in [4.69, 9.17) is 11.6 Å². The van der Waals surface area contributed by atoms with Gasteiger partial charge in [-0.3, -0.25) is 4.98 Å². The number of rotatable bonds is 4. The molecule has 2 heterocycles. The summed E-state index contributed by atoms with van der Waals surface area (Å²) in [7, 11) is 0. The van der Waals surface area contributed by atoms with Crippen LogP contribution in [0.3, 0.4) is 0 Å². The Kier molecular flexibility index (Phi) is 4.17. The van der Waals surface area contributed by atoms with Gasteiger partial charge in [0.15, 0.2) is 0 Å². The Labute approximate surface area is 120 Å². The minimum atomic E-state index is -0.952. The monoisotopic (exact) mass is 296 g/mol. The fourth-order valence-electron chi connectivity index (χ4n) is 1.69. The second kappa shape index (κ2) is 5.67. The zero-order valence-corrected chi connectivity index (χ0v) is 12.1. The third-order valence-corrected chi connectivity index (χ3v) is 3.85. The summed E-state index contributed by atoms with van der Waals surface area (Å²) in [6.45, 7) is 4.05. The highest BCUT2D eigenvalue weighted by Gasteiger charge is 2.20. The van der Waals surface area contributed by atoms with E-state index in [9.17, 15) is 9.90 Å². The van der Waals surface area contributed by atoms with Crippen LogP contribution >= 0.6 is 22.9 Å². The van der Waals surface area contributed by atoms with E-state index in [1.54, 1.807) is 18.3 Å². The van der Waals surface area contributed by atoms with Crippen LogP contribution in [0, 0.1) is 5.92 Å². The Hall–Kier alpha value is -1.46. The fraction of sp³-hybridized carbons (Fsp3) is 0.308. The molecule has 2 aromatic rings. The first-order valence-electron chi connectivity index (χ1n) is 5.83. The first kappa shape index (κ1) is 14.0. The van der Waals surface area contributed by atoms with Crippen molar-refractivity contribution in [3.05, 3.63) is 33.9 Å². The van der Waals surface area contributed by atoms with Crippen molar-refractivity contribution in [2.24, 2.45) is 5.92 Å². The van der Waals surface area contributed by atoms with Gasteiger partial charge in [-0.1, -0.05) is 25.4 Å². The molecule has 0 amide bonds. The van der Waals surface area contributed by atoms with Crippen LogP contribution in [0.5, 0.6) is 0 Å². The van der Waals surface area contributed by atoms with Crippen molar-refractivity contribution in [2.75, 3.05) is 0 Å². The Morgan fingerprint density at radius 3 is 2.84 bits per heavy atom. The molecule has 0 atom stereocenters. The van der Waals surface area contributed by atoms with E-state index in [1.807, 2.05) is 13.8 Å². The fourth-order valence-corrected chi connectivity index (χ4v) is 2.90. The highest BCUT2D eigenvalue weighted by atomic mass is 35.5. The summed E-state index contributed by atoms with van der Waals surface area (Å²) in [6, 6.07) is 3.44. The van der Waals surface area contributed by atoms with E-state index < -0.39 is 5.97 Å². The molecular formula is C13H13ClN2O2S. The van der Waals surface area contributed by atoms with Crippen molar-refractivity contribution in [3.8, 4) is 10.7 Å². The maximum Gasteiger partial charge on any atom is 0.347 e. The van der Waals surface area contributed by atoms with Gasteiger partial charge in [0, 0.05) is 6.20 Å². The quantitative estimate of drug-likeness (QED) is 0.933. The summed E-state index contributed by atoms with van der Waals surface area (Å²) in [6.07, 6.45) is 2.24. The molecule has 1 N–H and O–H groups in total. The van der Waals surface area contributed by atoms with Crippen molar-refractivity contribution < 1.29 is 9.90 Å². The second-order valence-corrected chi connectivity index (χ2v) is 5.94. The van der Waals surface area contributed by atoms with Crippen molar-refractivity contribution in [1.82, 2.24) is 9.97 Å². The minimum Gasteiger partial charge on any atom is -0.477 e. The van der Waals surface area contributed by atoms with Gasteiger partial charge in [0.1, 0.15) is 15.6 Å². The number of aromatic nitrogens is 2. The van der Waals surface area contributed by atoms with Gasteiger partial charge < -0.3 is 5.11 Å². The lowest BCUT2D eigenvalue weighted by Crippen LogP contribution is -2.02. The summed E-state index contributed by atoms with van der Waals surface area (Å²) in [5.41, 5.74) is 1.14. The number of carboxylic acids is 1. The lowest BCUT2D eigenvalue weighted by atomic mass is 10.1. The van der Waals surface area contributed by atoms with Crippen molar-refractivity contribution >= 4 is 28.9 Å². The average molecular weight is 297 g/mol. The van der Waals surface area contributed by atoms with Gasteiger partial charge in [-0.15, -0.1) is 11.3 Å². The molecule has 0 saturated heterocycles. The number of carbonyl (C=O) groups is 1. The maximum absolute atomic E-state index is 11.2. The van der Waals surface area contributed by atoms with E-state index in [-0.39, 0.29) is 4.88 Å². The van der Waals surface area contributed by atoms with Crippen LogP contribution in [0.4, 0.5) is 0 Å². The molecule has 100 valence electrons. The predicted octanol–water partition coefficient (Wildman–Crippen LogP) is 3.76. The van der Waals surface area contributed by atoms with Gasteiger partial charge in [-0.25, -0.2) is 9.78 Å². The molecule has 0 aliphatic rings. The second-order valence-electron chi connectivity index (χ2n) is 4.53. The van der Waals surface area contributed by atoms with E-state index in [0.717, 1.165) is 11.3 Å². The largest absolute Gasteiger partial charge is 0.477 e. The van der Waals surface area contributed by atoms with Crippen LogP contribution < -0.4 is 0 Å². The third-order valence-electron chi connectivity index (χ3n) is 2.45. The first-order chi connectivity index (χ1) is 8.99. The normalized spacial score (nSPS) is 10.9. The number of pyridine rings is 1. The smallest absolute Gasteiger partial charge is 0.347 e. The van der Waals surface area contributed by atoms with Crippen LogP contribution in [0.2, 0.25) is 5.02 Å². The highest BCUT2D eigenvalue weighted by molar-refractivity contribution is 7.17. The van der Waals surface area contributed by atoms with Gasteiger partial charge in [-0.2, -0.15) is 0 Å². The molecule has 0 unspecified atom stereocenters. The molecule has 0 spiro atoms. The van der Waals surface area contributed by atoms with E-state index >= 15 is 0 Å². The van der Waals surface area contributed by atoms with Crippen LogP contribution in [-0.2, 0) is 6.42 Å². The van der Waals surface area contributed by atoms with Crippen molar-refractivity contribution in [1.29, 1.82) is 0 Å². The van der Waals surface area contributed by atoms with Crippen molar-refractivity contribution in [2.45, 2.75) is 20.3 Å². The molecule has 19 heavy (non-hydrogen) atoms.